The van der Waals surface area contributed by atoms with Crippen molar-refractivity contribution in [3.05, 3.63) is 82.8 Å². The van der Waals surface area contributed by atoms with Crippen molar-refractivity contribution in [3.8, 4) is 22.0 Å². The Kier molecular flexibility index (Phi) is 6.07. The fourth-order valence-electron chi connectivity index (χ4n) is 4.02. The molecule has 1 aliphatic heterocycles. The summed E-state index contributed by atoms with van der Waals surface area (Å²) < 4.78 is 7.01. The zero-order valence-electron chi connectivity index (χ0n) is 18.1. The molecule has 0 N–H and O–H groups in total. The second-order valence-corrected chi connectivity index (χ2v) is 9.09. The zero-order chi connectivity index (χ0) is 22.8. The molecule has 0 bridgehead atoms. The quantitative estimate of drug-likeness (QED) is 0.394. The molecule has 8 heteroatoms. The highest BCUT2D eigenvalue weighted by atomic mass is 35.5. The maximum atomic E-state index is 13.6. The molecule has 6 nitrogen and oxygen atoms in total. The summed E-state index contributed by atoms with van der Waals surface area (Å²) in [6, 6.07) is 21.3. The minimum Gasteiger partial charge on any atom is -0.497 e. The van der Waals surface area contributed by atoms with Crippen LogP contribution in [0.5, 0.6) is 5.75 Å². The monoisotopic (exact) mass is 478 g/mol. The minimum absolute atomic E-state index is 0.0278. The second kappa shape index (κ2) is 9.29. The van der Waals surface area contributed by atoms with E-state index in [-0.39, 0.29) is 5.91 Å². The van der Waals surface area contributed by atoms with Gasteiger partial charge in [-0.15, -0.1) is 11.3 Å². The van der Waals surface area contributed by atoms with Gasteiger partial charge in [0.1, 0.15) is 17.1 Å². The van der Waals surface area contributed by atoms with E-state index in [1.54, 1.807) is 23.1 Å². The molecule has 168 valence electrons. The molecule has 0 atom stereocenters. The van der Waals surface area contributed by atoms with Crippen molar-refractivity contribution in [3.63, 3.8) is 0 Å². The Bertz CT molecular complexity index is 1250. The largest absolute Gasteiger partial charge is 0.497 e. The third-order valence-electron chi connectivity index (χ3n) is 5.78. The van der Waals surface area contributed by atoms with Crippen LogP contribution in [0.15, 0.2) is 72.1 Å². The molecular weight excluding hydrogens is 456 g/mol. The number of aromatic nitrogens is 2. The number of hydrogen-bond acceptors (Lipinski definition) is 5. The zero-order valence-corrected chi connectivity index (χ0v) is 19.7. The number of rotatable bonds is 5. The fourth-order valence-corrected chi connectivity index (χ4v) is 4.96. The first-order valence-electron chi connectivity index (χ1n) is 10.7. The van der Waals surface area contributed by atoms with Crippen molar-refractivity contribution in [2.24, 2.45) is 0 Å². The Hall–Kier alpha value is -3.29. The van der Waals surface area contributed by atoms with Crippen LogP contribution >= 0.6 is 22.9 Å². The molecule has 3 heterocycles. The predicted octanol–water partition coefficient (Wildman–Crippen LogP) is 5.23. The number of nitrogens with zero attached hydrogens (tertiary/aromatic N) is 4. The second-order valence-electron chi connectivity index (χ2n) is 7.73. The molecule has 0 spiro atoms. The van der Waals surface area contributed by atoms with Crippen LogP contribution in [0.1, 0.15) is 10.5 Å². The van der Waals surface area contributed by atoms with E-state index in [9.17, 15) is 4.79 Å². The summed E-state index contributed by atoms with van der Waals surface area (Å²) in [6.07, 6.45) is 0. The van der Waals surface area contributed by atoms with Gasteiger partial charge in [0.05, 0.1) is 28.4 Å². The summed E-state index contributed by atoms with van der Waals surface area (Å²) in [5.41, 5.74) is 3.17. The van der Waals surface area contributed by atoms with Gasteiger partial charge in [-0.3, -0.25) is 4.79 Å². The van der Waals surface area contributed by atoms with E-state index in [1.807, 2.05) is 77.0 Å². The number of carbonyl (C=O) groups excluding carboxylic acids is 1. The molecular formula is C25H23ClN4O2S. The summed E-state index contributed by atoms with van der Waals surface area (Å²) >= 11 is 7.98. The summed E-state index contributed by atoms with van der Waals surface area (Å²) in [5.74, 6) is 0.730. The number of ether oxygens (including phenoxy) is 1. The lowest BCUT2D eigenvalue weighted by Crippen LogP contribution is -2.49. The lowest BCUT2D eigenvalue weighted by molar-refractivity contribution is 0.0737. The maximum absolute atomic E-state index is 13.6. The summed E-state index contributed by atoms with van der Waals surface area (Å²) in [4.78, 5) is 18.8. The van der Waals surface area contributed by atoms with Gasteiger partial charge in [-0.2, -0.15) is 5.10 Å². The first-order valence-corrected chi connectivity index (χ1v) is 12.0. The van der Waals surface area contributed by atoms with Gasteiger partial charge in [0.25, 0.3) is 5.91 Å². The number of para-hydroxylation sites is 1. The summed E-state index contributed by atoms with van der Waals surface area (Å²) in [6.45, 7) is 2.69. The number of anilines is 1. The van der Waals surface area contributed by atoms with Crippen LogP contribution in [0.2, 0.25) is 5.02 Å². The van der Waals surface area contributed by atoms with E-state index in [0.29, 0.717) is 18.8 Å². The van der Waals surface area contributed by atoms with Crippen LogP contribution in [-0.2, 0) is 0 Å². The molecule has 0 aliphatic carbocycles. The normalized spacial score (nSPS) is 13.9. The number of benzene rings is 2. The van der Waals surface area contributed by atoms with Crippen molar-refractivity contribution in [1.82, 2.24) is 14.7 Å². The predicted molar refractivity (Wildman–Crippen MR) is 133 cm³/mol. The van der Waals surface area contributed by atoms with Crippen LogP contribution in [0.4, 0.5) is 5.69 Å². The molecule has 2 aromatic carbocycles. The number of halogens is 1. The van der Waals surface area contributed by atoms with Gasteiger partial charge in [-0.25, -0.2) is 4.68 Å². The average Bonchev–Trinajstić information content (AvgIpc) is 3.55. The molecule has 1 saturated heterocycles. The molecule has 2 aromatic heterocycles. The maximum Gasteiger partial charge on any atom is 0.272 e. The Balaban J connectivity index is 1.42. The Morgan fingerprint density at radius 2 is 1.76 bits per heavy atom. The van der Waals surface area contributed by atoms with Crippen molar-refractivity contribution < 1.29 is 9.53 Å². The summed E-state index contributed by atoms with van der Waals surface area (Å²) in [5, 5.41) is 7.52. The Morgan fingerprint density at radius 1 is 1.00 bits per heavy atom. The molecule has 0 radical (unpaired) electrons. The van der Waals surface area contributed by atoms with Crippen LogP contribution in [0.3, 0.4) is 0 Å². The van der Waals surface area contributed by atoms with E-state index in [2.05, 4.69) is 4.90 Å². The standard InChI is InChI=1S/C25H23ClN4O2S/c1-32-19-10-8-18(9-11-19)30-23(17-21(27-30)24-7-4-16-33-24)25(31)29-14-12-28(13-15-29)22-6-3-2-5-20(22)26/h2-11,16-17H,12-15H2,1H3. The first kappa shape index (κ1) is 21.6. The van der Waals surface area contributed by atoms with Crippen LogP contribution in [0.25, 0.3) is 16.3 Å². The van der Waals surface area contributed by atoms with Crippen LogP contribution < -0.4 is 9.64 Å². The number of amides is 1. The van der Waals surface area contributed by atoms with Gasteiger partial charge in [-0.05, 0) is 53.9 Å². The van der Waals surface area contributed by atoms with Gasteiger partial charge < -0.3 is 14.5 Å². The highest BCUT2D eigenvalue weighted by Crippen LogP contribution is 2.29. The smallest absolute Gasteiger partial charge is 0.272 e. The van der Waals surface area contributed by atoms with Crippen LogP contribution in [-0.4, -0.2) is 53.9 Å². The lowest BCUT2D eigenvalue weighted by atomic mass is 10.2. The van der Waals surface area contributed by atoms with E-state index in [1.165, 1.54) is 0 Å². The SMILES string of the molecule is COc1ccc(-n2nc(-c3cccs3)cc2C(=O)N2CCN(c3ccccc3Cl)CC2)cc1. The minimum atomic E-state index is -0.0278. The van der Waals surface area contributed by atoms with Crippen molar-refractivity contribution in [2.45, 2.75) is 0 Å². The number of piperazine rings is 1. The number of carbonyl (C=O) groups is 1. The molecule has 1 fully saturated rings. The van der Waals surface area contributed by atoms with E-state index >= 15 is 0 Å². The van der Waals surface area contributed by atoms with Gasteiger partial charge in [0.2, 0.25) is 0 Å². The molecule has 5 rings (SSSR count). The van der Waals surface area contributed by atoms with Crippen LogP contribution in [0, 0.1) is 0 Å². The number of thiophene rings is 1. The van der Waals surface area contributed by atoms with Gasteiger partial charge >= 0.3 is 0 Å². The van der Waals surface area contributed by atoms with E-state index in [4.69, 9.17) is 21.4 Å². The Labute approximate surface area is 201 Å². The average molecular weight is 479 g/mol. The highest BCUT2D eigenvalue weighted by Gasteiger charge is 2.27. The van der Waals surface area contributed by atoms with Crippen molar-refractivity contribution >= 4 is 34.5 Å². The molecule has 33 heavy (non-hydrogen) atoms. The van der Waals surface area contributed by atoms with Crippen molar-refractivity contribution in [1.29, 1.82) is 0 Å². The third-order valence-corrected chi connectivity index (χ3v) is 6.99. The van der Waals surface area contributed by atoms with E-state index in [0.717, 1.165) is 45.8 Å². The van der Waals surface area contributed by atoms with Crippen molar-refractivity contribution in [2.75, 3.05) is 38.2 Å². The first-order chi connectivity index (χ1) is 16.1. The number of hydrogen-bond donors (Lipinski definition) is 0. The molecule has 0 saturated carbocycles. The fraction of sp³-hybridized carbons (Fsp3) is 0.200. The highest BCUT2D eigenvalue weighted by molar-refractivity contribution is 7.13. The Morgan fingerprint density at radius 3 is 2.42 bits per heavy atom. The van der Waals surface area contributed by atoms with Gasteiger partial charge in [0, 0.05) is 26.2 Å². The topological polar surface area (TPSA) is 50.6 Å². The lowest BCUT2D eigenvalue weighted by Gasteiger charge is -2.36. The number of methoxy groups -OCH3 is 1. The van der Waals surface area contributed by atoms with Gasteiger partial charge in [0.15, 0.2) is 0 Å². The molecule has 0 unspecified atom stereocenters. The molecule has 1 amide bonds. The van der Waals surface area contributed by atoms with Gasteiger partial charge in [-0.1, -0.05) is 29.8 Å². The van der Waals surface area contributed by atoms with E-state index < -0.39 is 0 Å². The molecule has 1 aliphatic rings. The molecule has 4 aromatic rings. The third kappa shape index (κ3) is 4.34. The summed E-state index contributed by atoms with van der Waals surface area (Å²) in [7, 11) is 1.63.